The van der Waals surface area contributed by atoms with Crippen molar-refractivity contribution in [3.05, 3.63) is 53.2 Å². The summed E-state index contributed by atoms with van der Waals surface area (Å²) in [6, 6.07) is 9.02. The monoisotopic (exact) mass is 410 g/mol. The lowest BCUT2D eigenvalue weighted by atomic mass is 10.2. The zero-order valence-electron chi connectivity index (χ0n) is 17.4. The van der Waals surface area contributed by atoms with Gasteiger partial charge in [0, 0.05) is 17.7 Å². The lowest BCUT2D eigenvalue weighted by Gasteiger charge is -2.08. The standard InChI is InChI=1S/C22H22N2O6/c1-12-8-16-19(29-12)10-17(22(25)28-5)24(16)11-15-13(2)30-21(23-15)14-6-7-18(26-3)20(9-14)27-4/h6-10H,11H2,1-5H3. The number of furan rings is 1. The number of oxazole rings is 1. The van der Waals surface area contributed by atoms with Gasteiger partial charge in [0.1, 0.15) is 22.9 Å². The fraction of sp³-hybridized carbons (Fsp3) is 0.273. The van der Waals surface area contributed by atoms with E-state index in [-0.39, 0.29) is 0 Å². The number of rotatable bonds is 6. The van der Waals surface area contributed by atoms with Gasteiger partial charge >= 0.3 is 5.97 Å². The van der Waals surface area contributed by atoms with Crippen molar-refractivity contribution in [3.63, 3.8) is 0 Å². The number of methoxy groups -OCH3 is 3. The molecule has 0 saturated carbocycles. The first-order valence-electron chi connectivity index (χ1n) is 9.31. The lowest BCUT2D eigenvalue weighted by Crippen LogP contribution is -2.12. The Morgan fingerprint density at radius 1 is 1.03 bits per heavy atom. The van der Waals surface area contributed by atoms with Crippen LogP contribution >= 0.6 is 0 Å². The normalized spacial score (nSPS) is 11.1. The molecule has 0 spiro atoms. The quantitative estimate of drug-likeness (QED) is 0.436. The van der Waals surface area contributed by atoms with Gasteiger partial charge in [-0.1, -0.05) is 0 Å². The van der Waals surface area contributed by atoms with Gasteiger partial charge in [0.2, 0.25) is 5.89 Å². The molecule has 0 amide bonds. The fourth-order valence-electron chi connectivity index (χ4n) is 3.43. The maximum atomic E-state index is 12.3. The molecule has 0 radical (unpaired) electrons. The number of fused-ring (bicyclic) bond motifs is 1. The molecule has 0 atom stereocenters. The minimum atomic E-state index is -0.444. The average molecular weight is 410 g/mol. The van der Waals surface area contributed by atoms with Crippen molar-refractivity contribution < 1.29 is 27.8 Å². The number of ether oxygens (including phenoxy) is 3. The SMILES string of the molecule is COC(=O)c1cc2oc(C)cc2n1Cc1nc(-c2ccc(OC)c(OC)c2)oc1C. The summed E-state index contributed by atoms with van der Waals surface area (Å²) < 4.78 is 29.0. The van der Waals surface area contributed by atoms with Crippen molar-refractivity contribution in [2.45, 2.75) is 20.4 Å². The Morgan fingerprint density at radius 3 is 2.50 bits per heavy atom. The van der Waals surface area contributed by atoms with Crippen LogP contribution in [0, 0.1) is 13.8 Å². The number of aromatic nitrogens is 2. The van der Waals surface area contributed by atoms with E-state index < -0.39 is 5.97 Å². The highest BCUT2D eigenvalue weighted by Gasteiger charge is 2.22. The van der Waals surface area contributed by atoms with Gasteiger partial charge in [-0.3, -0.25) is 0 Å². The predicted octanol–water partition coefficient (Wildman–Crippen LogP) is 4.36. The van der Waals surface area contributed by atoms with Crippen LogP contribution in [0.25, 0.3) is 22.6 Å². The van der Waals surface area contributed by atoms with Gasteiger partial charge in [-0.25, -0.2) is 9.78 Å². The van der Waals surface area contributed by atoms with E-state index in [1.165, 1.54) is 7.11 Å². The summed E-state index contributed by atoms with van der Waals surface area (Å²) in [5.74, 6) is 2.62. The van der Waals surface area contributed by atoms with E-state index in [9.17, 15) is 4.79 Å². The number of hydrogen-bond acceptors (Lipinski definition) is 7. The molecule has 8 heteroatoms. The summed E-state index contributed by atoms with van der Waals surface area (Å²) in [7, 11) is 4.51. The molecule has 4 rings (SSSR count). The molecule has 156 valence electrons. The number of aryl methyl sites for hydroxylation is 2. The third-order valence-corrected chi connectivity index (χ3v) is 4.94. The number of carbonyl (C=O) groups excluding carboxylic acids is 1. The molecule has 0 aliphatic heterocycles. The molecular formula is C22H22N2O6. The third-order valence-electron chi connectivity index (χ3n) is 4.94. The Morgan fingerprint density at radius 2 is 1.80 bits per heavy atom. The van der Waals surface area contributed by atoms with E-state index in [2.05, 4.69) is 4.98 Å². The summed E-state index contributed by atoms with van der Waals surface area (Å²) in [5.41, 5.74) is 3.26. The highest BCUT2D eigenvalue weighted by atomic mass is 16.5. The Balaban J connectivity index is 1.74. The van der Waals surface area contributed by atoms with Crippen LogP contribution in [0.15, 0.2) is 39.2 Å². The maximum Gasteiger partial charge on any atom is 0.354 e. The van der Waals surface area contributed by atoms with Gasteiger partial charge in [0.15, 0.2) is 17.1 Å². The van der Waals surface area contributed by atoms with Crippen LogP contribution in [0.3, 0.4) is 0 Å². The van der Waals surface area contributed by atoms with E-state index >= 15 is 0 Å². The molecule has 30 heavy (non-hydrogen) atoms. The molecule has 0 aliphatic rings. The Bertz CT molecular complexity index is 1230. The van der Waals surface area contributed by atoms with E-state index in [0.29, 0.717) is 46.7 Å². The highest BCUT2D eigenvalue weighted by Crippen LogP contribution is 2.33. The molecule has 3 heterocycles. The first-order valence-corrected chi connectivity index (χ1v) is 9.31. The molecule has 4 aromatic rings. The highest BCUT2D eigenvalue weighted by molar-refractivity contribution is 5.94. The second-order valence-electron chi connectivity index (χ2n) is 6.81. The second-order valence-corrected chi connectivity index (χ2v) is 6.81. The molecular weight excluding hydrogens is 388 g/mol. The predicted molar refractivity (Wildman–Crippen MR) is 109 cm³/mol. The maximum absolute atomic E-state index is 12.3. The topological polar surface area (TPSA) is 88.9 Å². The van der Waals surface area contributed by atoms with Crippen molar-refractivity contribution in [1.82, 2.24) is 9.55 Å². The van der Waals surface area contributed by atoms with Gasteiger partial charge in [0.25, 0.3) is 0 Å². The van der Waals surface area contributed by atoms with Crippen LogP contribution in [0.1, 0.15) is 27.7 Å². The van der Waals surface area contributed by atoms with Crippen molar-refractivity contribution in [3.8, 4) is 23.0 Å². The Kier molecular flexibility index (Phi) is 4.99. The second kappa shape index (κ2) is 7.62. The number of benzene rings is 1. The van der Waals surface area contributed by atoms with Gasteiger partial charge in [-0.2, -0.15) is 0 Å². The molecule has 1 aromatic carbocycles. The zero-order chi connectivity index (χ0) is 21.4. The Hall–Kier alpha value is -3.68. The van der Waals surface area contributed by atoms with Crippen molar-refractivity contribution in [2.75, 3.05) is 21.3 Å². The number of hydrogen-bond donors (Lipinski definition) is 0. The first kappa shape index (κ1) is 19.6. The van der Waals surface area contributed by atoms with Crippen molar-refractivity contribution in [1.29, 1.82) is 0 Å². The Labute approximate surface area is 173 Å². The van der Waals surface area contributed by atoms with E-state index in [4.69, 9.17) is 23.0 Å². The summed E-state index contributed by atoms with van der Waals surface area (Å²) in [4.78, 5) is 16.9. The van der Waals surface area contributed by atoms with Crippen LogP contribution in [0.5, 0.6) is 11.5 Å². The average Bonchev–Trinajstić information content (AvgIpc) is 3.40. The van der Waals surface area contributed by atoms with Crippen molar-refractivity contribution in [2.24, 2.45) is 0 Å². The molecule has 0 bridgehead atoms. The van der Waals surface area contributed by atoms with Gasteiger partial charge in [0.05, 0.1) is 33.4 Å². The van der Waals surface area contributed by atoms with E-state index in [0.717, 1.165) is 16.8 Å². The summed E-state index contributed by atoms with van der Waals surface area (Å²) in [6.45, 7) is 4.03. The van der Waals surface area contributed by atoms with Gasteiger partial charge < -0.3 is 27.6 Å². The lowest BCUT2D eigenvalue weighted by molar-refractivity contribution is 0.0589. The molecule has 8 nitrogen and oxygen atoms in total. The van der Waals surface area contributed by atoms with Crippen LogP contribution < -0.4 is 9.47 Å². The van der Waals surface area contributed by atoms with Crippen LogP contribution in [0.2, 0.25) is 0 Å². The smallest absolute Gasteiger partial charge is 0.354 e. The first-order chi connectivity index (χ1) is 14.4. The fourth-order valence-corrected chi connectivity index (χ4v) is 3.43. The molecule has 0 N–H and O–H groups in total. The molecule has 0 fully saturated rings. The summed E-state index contributed by atoms with van der Waals surface area (Å²) >= 11 is 0. The van der Waals surface area contributed by atoms with Crippen molar-refractivity contribution >= 4 is 17.1 Å². The van der Waals surface area contributed by atoms with E-state index in [1.54, 1.807) is 32.4 Å². The van der Waals surface area contributed by atoms with E-state index in [1.807, 2.05) is 30.5 Å². The molecule has 3 aromatic heterocycles. The summed E-state index contributed by atoms with van der Waals surface area (Å²) in [6.07, 6.45) is 0. The molecule has 0 aliphatic carbocycles. The number of esters is 1. The third kappa shape index (κ3) is 3.30. The number of nitrogens with zero attached hydrogens (tertiary/aromatic N) is 2. The molecule has 0 saturated heterocycles. The minimum Gasteiger partial charge on any atom is -0.493 e. The minimum absolute atomic E-state index is 0.329. The zero-order valence-corrected chi connectivity index (χ0v) is 17.4. The van der Waals surface area contributed by atoms with Gasteiger partial charge in [-0.15, -0.1) is 0 Å². The molecule has 0 unspecified atom stereocenters. The van der Waals surface area contributed by atoms with Gasteiger partial charge in [-0.05, 0) is 32.0 Å². The largest absolute Gasteiger partial charge is 0.493 e. The van der Waals surface area contributed by atoms with Crippen LogP contribution in [-0.4, -0.2) is 36.8 Å². The summed E-state index contributed by atoms with van der Waals surface area (Å²) in [5, 5.41) is 0. The van der Waals surface area contributed by atoms with Crippen LogP contribution in [-0.2, 0) is 11.3 Å². The van der Waals surface area contributed by atoms with Crippen LogP contribution in [0.4, 0.5) is 0 Å². The number of carbonyl (C=O) groups is 1.